The fourth-order valence-corrected chi connectivity index (χ4v) is 3.92. The third kappa shape index (κ3) is 4.37. The van der Waals surface area contributed by atoms with E-state index in [0.717, 1.165) is 11.3 Å². The van der Waals surface area contributed by atoms with Crippen LogP contribution in [0, 0.1) is 5.41 Å². The molecule has 2 fully saturated rings. The monoisotopic (exact) mass is 388 g/mol. The molecule has 0 aliphatic carbocycles. The molecule has 1 aromatic carbocycles. The van der Waals surface area contributed by atoms with Gasteiger partial charge in [-0.25, -0.2) is 4.79 Å². The van der Waals surface area contributed by atoms with Gasteiger partial charge in [0.15, 0.2) is 0 Å². The minimum Gasteiger partial charge on any atom is -0.497 e. The van der Waals surface area contributed by atoms with Crippen molar-refractivity contribution in [2.75, 3.05) is 53.9 Å². The number of nitrogens with one attached hydrogen (secondary N) is 1. The molecule has 2 aliphatic heterocycles. The van der Waals surface area contributed by atoms with E-state index in [9.17, 15) is 14.4 Å². The molecule has 1 N–H and O–H groups in total. The summed E-state index contributed by atoms with van der Waals surface area (Å²) in [5, 5.41) is 2.88. The number of ether oxygens (including phenoxy) is 1. The van der Waals surface area contributed by atoms with Crippen molar-refractivity contribution in [2.45, 2.75) is 12.8 Å². The first-order chi connectivity index (χ1) is 13.3. The zero-order valence-electron chi connectivity index (χ0n) is 16.7. The summed E-state index contributed by atoms with van der Waals surface area (Å²) >= 11 is 0. The van der Waals surface area contributed by atoms with Gasteiger partial charge in [0.1, 0.15) is 5.75 Å². The minimum absolute atomic E-state index is 0.00282. The van der Waals surface area contributed by atoms with E-state index in [2.05, 4.69) is 5.32 Å². The Labute approximate surface area is 165 Å². The maximum absolute atomic E-state index is 13.0. The highest BCUT2D eigenvalue weighted by molar-refractivity contribution is 5.82. The Morgan fingerprint density at radius 1 is 1.14 bits per heavy atom. The van der Waals surface area contributed by atoms with Crippen LogP contribution in [0.25, 0.3) is 0 Å². The summed E-state index contributed by atoms with van der Waals surface area (Å²) in [6.45, 7) is 2.34. The molecule has 8 heteroatoms. The van der Waals surface area contributed by atoms with E-state index in [4.69, 9.17) is 4.74 Å². The molecule has 4 amide bonds. The van der Waals surface area contributed by atoms with Gasteiger partial charge >= 0.3 is 6.03 Å². The maximum Gasteiger partial charge on any atom is 0.319 e. The van der Waals surface area contributed by atoms with Crippen LogP contribution in [0.3, 0.4) is 0 Å². The SMILES string of the molecule is COc1ccc(CC(=O)N2CCN(C(=O)N(C)C)C[C@@]3(CNC(=O)C3)C2)cc1. The molecule has 0 radical (unpaired) electrons. The standard InChI is InChI=1S/C20H28N4O4/c1-22(2)19(27)24-9-8-23(13-20(14-24)11-17(25)21-12-20)18(26)10-15-4-6-16(28-3)7-5-15/h4-7H,8-14H2,1-3H3,(H,21,25)/t20-/m0/s1. The normalized spacial score (nSPS) is 22.0. The lowest BCUT2D eigenvalue weighted by Gasteiger charge is -2.33. The van der Waals surface area contributed by atoms with Crippen molar-refractivity contribution in [1.29, 1.82) is 0 Å². The molecule has 3 rings (SSSR count). The van der Waals surface area contributed by atoms with Gasteiger partial charge in [-0.2, -0.15) is 0 Å². The van der Waals surface area contributed by atoms with Gasteiger partial charge in [-0.1, -0.05) is 12.1 Å². The fourth-order valence-electron chi connectivity index (χ4n) is 3.92. The summed E-state index contributed by atoms with van der Waals surface area (Å²) < 4.78 is 5.16. The molecule has 2 saturated heterocycles. The van der Waals surface area contributed by atoms with E-state index in [1.807, 2.05) is 24.3 Å². The number of hydrogen-bond acceptors (Lipinski definition) is 4. The highest BCUT2D eigenvalue weighted by atomic mass is 16.5. The number of nitrogens with zero attached hydrogens (tertiary/aromatic N) is 3. The molecule has 0 unspecified atom stereocenters. The molecular formula is C20H28N4O4. The smallest absolute Gasteiger partial charge is 0.319 e. The van der Waals surface area contributed by atoms with E-state index in [-0.39, 0.29) is 24.3 Å². The molecule has 0 bridgehead atoms. The second-order valence-electron chi connectivity index (χ2n) is 7.89. The predicted octanol–water partition coefficient (Wildman–Crippen LogP) is 0.570. The van der Waals surface area contributed by atoms with Crippen molar-refractivity contribution in [3.8, 4) is 5.75 Å². The Morgan fingerprint density at radius 2 is 1.79 bits per heavy atom. The zero-order valence-corrected chi connectivity index (χ0v) is 16.7. The van der Waals surface area contributed by atoms with Crippen LogP contribution in [0.2, 0.25) is 0 Å². The average Bonchev–Trinajstić information content (AvgIpc) is 2.92. The molecule has 8 nitrogen and oxygen atoms in total. The fraction of sp³-hybridized carbons (Fsp3) is 0.550. The van der Waals surface area contributed by atoms with E-state index >= 15 is 0 Å². The van der Waals surface area contributed by atoms with Crippen LogP contribution in [0.1, 0.15) is 12.0 Å². The third-order valence-electron chi connectivity index (χ3n) is 5.41. The van der Waals surface area contributed by atoms with Gasteiger partial charge in [-0.05, 0) is 17.7 Å². The number of carbonyl (C=O) groups is 3. The van der Waals surface area contributed by atoms with Crippen molar-refractivity contribution in [3.05, 3.63) is 29.8 Å². The van der Waals surface area contributed by atoms with Gasteiger partial charge in [0, 0.05) is 58.7 Å². The predicted molar refractivity (Wildman–Crippen MR) is 104 cm³/mol. The molecule has 0 saturated carbocycles. The molecule has 0 aromatic heterocycles. The first-order valence-corrected chi connectivity index (χ1v) is 9.45. The van der Waals surface area contributed by atoms with Crippen LogP contribution < -0.4 is 10.1 Å². The van der Waals surface area contributed by atoms with Gasteiger partial charge in [0.05, 0.1) is 13.5 Å². The van der Waals surface area contributed by atoms with Gasteiger partial charge in [0.2, 0.25) is 11.8 Å². The summed E-state index contributed by atoms with van der Waals surface area (Å²) in [5.41, 5.74) is 0.473. The van der Waals surface area contributed by atoms with E-state index in [1.165, 1.54) is 4.90 Å². The Kier molecular flexibility index (Phi) is 5.76. The van der Waals surface area contributed by atoms with Crippen molar-refractivity contribution in [2.24, 2.45) is 5.41 Å². The summed E-state index contributed by atoms with van der Waals surface area (Å²) in [5.74, 6) is 0.725. The Balaban J connectivity index is 1.75. The minimum atomic E-state index is -0.436. The van der Waals surface area contributed by atoms with Crippen molar-refractivity contribution in [3.63, 3.8) is 0 Å². The maximum atomic E-state index is 13.0. The van der Waals surface area contributed by atoms with E-state index < -0.39 is 5.41 Å². The summed E-state index contributed by atoms with van der Waals surface area (Å²) in [7, 11) is 5.03. The second-order valence-corrected chi connectivity index (χ2v) is 7.89. The molecule has 1 aromatic rings. The lowest BCUT2D eigenvalue weighted by atomic mass is 9.86. The Hall–Kier alpha value is -2.77. The van der Waals surface area contributed by atoms with Gasteiger partial charge in [-0.15, -0.1) is 0 Å². The molecule has 2 heterocycles. The van der Waals surface area contributed by atoms with Gasteiger partial charge in [0.25, 0.3) is 0 Å². The van der Waals surface area contributed by atoms with Crippen molar-refractivity contribution < 1.29 is 19.1 Å². The molecule has 1 atom stereocenters. The summed E-state index contributed by atoms with van der Waals surface area (Å²) in [6.07, 6.45) is 0.611. The van der Waals surface area contributed by atoms with Crippen LogP contribution >= 0.6 is 0 Å². The number of methoxy groups -OCH3 is 1. The number of rotatable bonds is 3. The third-order valence-corrected chi connectivity index (χ3v) is 5.41. The second kappa shape index (κ2) is 8.08. The first-order valence-electron chi connectivity index (χ1n) is 9.45. The highest BCUT2D eigenvalue weighted by Gasteiger charge is 2.45. The zero-order chi connectivity index (χ0) is 20.3. The molecule has 1 spiro atoms. The molecular weight excluding hydrogens is 360 g/mol. The lowest BCUT2D eigenvalue weighted by Crippen LogP contribution is -2.47. The Morgan fingerprint density at radius 3 is 2.36 bits per heavy atom. The number of amides is 4. The highest BCUT2D eigenvalue weighted by Crippen LogP contribution is 2.31. The summed E-state index contributed by atoms with van der Waals surface area (Å²) in [4.78, 5) is 42.5. The van der Waals surface area contributed by atoms with Crippen LogP contribution in [0.4, 0.5) is 4.79 Å². The Bertz CT molecular complexity index is 749. The number of benzene rings is 1. The quantitative estimate of drug-likeness (QED) is 0.821. The number of carbonyl (C=O) groups excluding carboxylic acids is 3. The van der Waals surface area contributed by atoms with Gasteiger partial charge < -0.3 is 24.8 Å². The molecule has 152 valence electrons. The van der Waals surface area contributed by atoms with Crippen LogP contribution in [0.15, 0.2) is 24.3 Å². The van der Waals surface area contributed by atoms with Crippen molar-refractivity contribution in [1.82, 2.24) is 20.0 Å². The first kappa shape index (κ1) is 20.0. The molecule has 28 heavy (non-hydrogen) atoms. The van der Waals surface area contributed by atoms with Crippen LogP contribution in [-0.2, 0) is 16.0 Å². The summed E-state index contributed by atoms with van der Waals surface area (Å²) in [6, 6.07) is 7.34. The number of hydrogen-bond donors (Lipinski definition) is 1. The van der Waals surface area contributed by atoms with Gasteiger partial charge in [-0.3, -0.25) is 9.59 Å². The van der Waals surface area contributed by atoms with Crippen molar-refractivity contribution >= 4 is 17.8 Å². The van der Waals surface area contributed by atoms with E-state index in [0.29, 0.717) is 39.1 Å². The molecule has 2 aliphatic rings. The number of urea groups is 1. The lowest BCUT2D eigenvalue weighted by molar-refractivity contribution is -0.131. The van der Waals surface area contributed by atoms with Crippen LogP contribution in [-0.4, -0.2) is 86.5 Å². The average molecular weight is 388 g/mol. The van der Waals surface area contributed by atoms with Crippen LogP contribution in [0.5, 0.6) is 5.75 Å². The largest absolute Gasteiger partial charge is 0.497 e. The topological polar surface area (TPSA) is 82.2 Å². The van der Waals surface area contributed by atoms with E-state index in [1.54, 1.807) is 31.0 Å².